The van der Waals surface area contributed by atoms with Crippen LogP contribution in [-0.4, -0.2) is 54.2 Å². The van der Waals surface area contributed by atoms with Crippen molar-refractivity contribution in [3.05, 3.63) is 0 Å². The summed E-state index contributed by atoms with van der Waals surface area (Å²) in [5.41, 5.74) is -0.802. The van der Waals surface area contributed by atoms with Gasteiger partial charge < -0.3 is 10.0 Å². The van der Waals surface area contributed by atoms with E-state index in [1.807, 2.05) is 0 Å². The van der Waals surface area contributed by atoms with Crippen LogP contribution in [0.15, 0.2) is 0 Å². The largest absolute Gasteiger partial charge is 0.481 e. The molecule has 0 bridgehead atoms. The van der Waals surface area contributed by atoms with Gasteiger partial charge in [-0.25, -0.2) is 13.1 Å². The third-order valence-electron chi connectivity index (χ3n) is 4.15. The van der Waals surface area contributed by atoms with Gasteiger partial charge in [0.1, 0.15) is 0 Å². The molecule has 0 aromatic rings. The van der Waals surface area contributed by atoms with Crippen molar-refractivity contribution in [1.29, 1.82) is 0 Å². The summed E-state index contributed by atoms with van der Waals surface area (Å²) in [5, 5.41) is 8.72. The molecule has 0 radical (unpaired) electrons. The molecule has 134 valence electrons. The Bertz CT molecular complexity index is 530. The van der Waals surface area contributed by atoms with E-state index in [1.54, 1.807) is 18.7 Å². The highest BCUT2D eigenvalue weighted by molar-refractivity contribution is 7.89. The smallest absolute Gasteiger partial charge is 0.303 e. The minimum atomic E-state index is -3.52. The van der Waals surface area contributed by atoms with Crippen LogP contribution in [0.25, 0.3) is 0 Å². The molecule has 1 saturated heterocycles. The number of hydrogen-bond donors (Lipinski definition) is 2. The Morgan fingerprint density at radius 2 is 1.96 bits per heavy atom. The molecule has 0 aromatic heterocycles. The number of sulfonamides is 1. The van der Waals surface area contributed by atoms with E-state index in [-0.39, 0.29) is 30.5 Å². The lowest BCUT2D eigenvalue weighted by Gasteiger charge is -2.35. The number of nitrogens with zero attached hydrogens (tertiary/aromatic N) is 1. The zero-order valence-corrected chi connectivity index (χ0v) is 15.0. The molecule has 0 aromatic carbocycles. The molecular weight excluding hydrogens is 320 g/mol. The fourth-order valence-corrected chi connectivity index (χ4v) is 4.58. The SMILES string of the molecule is CC(=O)N1CCCCC1CCS(=O)(=O)NC(C)(C)CCC(=O)O. The molecule has 1 aliphatic heterocycles. The number of carbonyl (C=O) groups excluding carboxylic acids is 1. The second-order valence-electron chi connectivity index (χ2n) is 6.85. The first-order valence-electron chi connectivity index (χ1n) is 8.03. The van der Waals surface area contributed by atoms with Gasteiger partial charge in [-0.3, -0.25) is 9.59 Å². The highest BCUT2D eigenvalue weighted by atomic mass is 32.2. The number of hydrogen-bond acceptors (Lipinski definition) is 4. The fraction of sp³-hybridized carbons (Fsp3) is 0.867. The van der Waals surface area contributed by atoms with Crippen LogP contribution in [0.1, 0.15) is 59.3 Å². The summed E-state index contributed by atoms with van der Waals surface area (Å²) in [6.45, 7) is 5.56. The van der Waals surface area contributed by atoms with Crippen molar-refractivity contribution in [2.75, 3.05) is 12.3 Å². The predicted molar refractivity (Wildman–Crippen MR) is 87.5 cm³/mol. The van der Waals surface area contributed by atoms with Crippen LogP contribution in [-0.2, 0) is 19.6 Å². The third-order valence-corrected chi connectivity index (χ3v) is 5.78. The van der Waals surface area contributed by atoms with Gasteiger partial charge in [0.25, 0.3) is 0 Å². The number of piperidine rings is 1. The number of likely N-dealkylation sites (tertiary alicyclic amines) is 1. The lowest BCUT2D eigenvalue weighted by Crippen LogP contribution is -2.47. The van der Waals surface area contributed by atoms with E-state index in [0.717, 1.165) is 19.3 Å². The van der Waals surface area contributed by atoms with Gasteiger partial charge in [0.2, 0.25) is 15.9 Å². The van der Waals surface area contributed by atoms with Gasteiger partial charge >= 0.3 is 5.97 Å². The Labute approximate surface area is 138 Å². The van der Waals surface area contributed by atoms with Gasteiger partial charge in [0.15, 0.2) is 0 Å². The van der Waals surface area contributed by atoms with Crippen LogP contribution in [0, 0.1) is 0 Å². The summed E-state index contributed by atoms with van der Waals surface area (Å²) in [6.07, 6.45) is 3.34. The molecule has 7 nitrogen and oxygen atoms in total. The Hall–Kier alpha value is -1.15. The summed E-state index contributed by atoms with van der Waals surface area (Å²) < 4.78 is 27.1. The first-order valence-corrected chi connectivity index (χ1v) is 9.68. The van der Waals surface area contributed by atoms with Crippen LogP contribution in [0.5, 0.6) is 0 Å². The molecule has 23 heavy (non-hydrogen) atoms. The molecule has 0 aliphatic carbocycles. The molecule has 2 N–H and O–H groups in total. The first kappa shape index (κ1) is 19.9. The molecule has 1 rings (SSSR count). The zero-order valence-electron chi connectivity index (χ0n) is 14.2. The normalized spacial score (nSPS) is 19.6. The molecule has 0 saturated carbocycles. The van der Waals surface area contributed by atoms with Crippen molar-refractivity contribution in [3.8, 4) is 0 Å². The Morgan fingerprint density at radius 3 is 2.52 bits per heavy atom. The second-order valence-corrected chi connectivity index (χ2v) is 8.69. The molecular formula is C15H28N2O5S. The maximum Gasteiger partial charge on any atom is 0.303 e. The van der Waals surface area contributed by atoms with Gasteiger partial charge in [-0.15, -0.1) is 0 Å². The third kappa shape index (κ3) is 7.30. The van der Waals surface area contributed by atoms with E-state index in [4.69, 9.17) is 5.11 Å². The highest BCUT2D eigenvalue weighted by Crippen LogP contribution is 2.21. The Balaban J connectivity index is 2.57. The number of carboxylic acid groups (broad SMARTS) is 1. The van der Waals surface area contributed by atoms with Gasteiger partial charge in [-0.1, -0.05) is 0 Å². The van der Waals surface area contributed by atoms with Crippen LogP contribution >= 0.6 is 0 Å². The van der Waals surface area contributed by atoms with E-state index in [1.165, 1.54) is 6.92 Å². The minimum Gasteiger partial charge on any atom is -0.481 e. The zero-order chi connectivity index (χ0) is 17.7. The van der Waals surface area contributed by atoms with Crippen LogP contribution in [0.4, 0.5) is 0 Å². The van der Waals surface area contributed by atoms with Crippen molar-refractivity contribution in [3.63, 3.8) is 0 Å². The standard InChI is InChI=1S/C15H28N2O5S/c1-12(18)17-10-5-4-6-13(17)8-11-23(21,22)16-15(2,3)9-7-14(19)20/h13,16H,4-11H2,1-3H3,(H,19,20). The molecule has 1 unspecified atom stereocenters. The maximum atomic E-state index is 12.2. The fourth-order valence-electron chi connectivity index (χ4n) is 2.95. The monoisotopic (exact) mass is 348 g/mol. The Kier molecular flexibility index (Phi) is 7.01. The van der Waals surface area contributed by atoms with Crippen molar-refractivity contribution in [2.45, 2.75) is 70.9 Å². The average molecular weight is 348 g/mol. The van der Waals surface area contributed by atoms with Crippen LogP contribution in [0.2, 0.25) is 0 Å². The number of carboxylic acids is 1. The number of nitrogens with one attached hydrogen (secondary N) is 1. The van der Waals surface area contributed by atoms with Gasteiger partial charge in [0.05, 0.1) is 5.75 Å². The summed E-state index contributed by atoms with van der Waals surface area (Å²) in [7, 11) is -3.52. The molecule has 8 heteroatoms. The van der Waals surface area contributed by atoms with Crippen molar-refractivity contribution >= 4 is 21.9 Å². The number of amides is 1. The molecule has 0 spiro atoms. The van der Waals surface area contributed by atoms with Gasteiger partial charge in [0, 0.05) is 31.5 Å². The summed E-state index contributed by atoms with van der Waals surface area (Å²) >= 11 is 0. The first-order chi connectivity index (χ1) is 10.5. The van der Waals surface area contributed by atoms with E-state index < -0.39 is 21.5 Å². The van der Waals surface area contributed by atoms with Gasteiger partial charge in [-0.2, -0.15) is 0 Å². The Morgan fingerprint density at radius 1 is 1.30 bits per heavy atom. The highest BCUT2D eigenvalue weighted by Gasteiger charge is 2.29. The molecule has 1 aliphatic rings. The van der Waals surface area contributed by atoms with E-state index >= 15 is 0 Å². The van der Waals surface area contributed by atoms with E-state index in [0.29, 0.717) is 13.0 Å². The number of rotatable bonds is 8. The maximum absolute atomic E-state index is 12.2. The van der Waals surface area contributed by atoms with Crippen LogP contribution in [0.3, 0.4) is 0 Å². The number of carbonyl (C=O) groups is 2. The quantitative estimate of drug-likeness (QED) is 0.689. The molecule has 1 heterocycles. The molecule has 1 amide bonds. The van der Waals surface area contributed by atoms with Crippen molar-refractivity contribution in [1.82, 2.24) is 9.62 Å². The van der Waals surface area contributed by atoms with E-state index in [2.05, 4.69) is 4.72 Å². The van der Waals surface area contributed by atoms with Crippen LogP contribution < -0.4 is 4.72 Å². The summed E-state index contributed by atoms with van der Waals surface area (Å²) in [6, 6.07) is -0.0278. The number of aliphatic carboxylic acids is 1. The van der Waals surface area contributed by atoms with Crippen molar-refractivity contribution < 1.29 is 23.1 Å². The van der Waals surface area contributed by atoms with Gasteiger partial charge in [-0.05, 0) is 46.0 Å². The topological polar surface area (TPSA) is 104 Å². The minimum absolute atomic E-state index is 0.0122. The molecule has 1 atom stereocenters. The average Bonchev–Trinajstić information content (AvgIpc) is 2.42. The summed E-state index contributed by atoms with van der Waals surface area (Å²) in [4.78, 5) is 24.0. The predicted octanol–water partition coefficient (Wildman–Crippen LogP) is 1.34. The van der Waals surface area contributed by atoms with E-state index in [9.17, 15) is 18.0 Å². The lowest BCUT2D eigenvalue weighted by atomic mass is 10.00. The van der Waals surface area contributed by atoms with Crippen molar-refractivity contribution in [2.24, 2.45) is 0 Å². The lowest BCUT2D eigenvalue weighted by molar-refractivity contribution is -0.137. The second kappa shape index (κ2) is 8.10. The molecule has 1 fully saturated rings. The summed E-state index contributed by atoms with van der Waals surface area (Å²) in [5.74, 6) is -1.02.